The second-order valence-electron chi connectivity index (χ2n) is 12.5. The lowest BCUT2D eigenvalue weighted by Crippen LogP contribution is -2.55. The summed E-state index contributed by atoms with van der Waals surface area (Å²) in [5, 5.41) is 20.4. The Hall–Kier alpha value is -0.0800. The minimum atomic E-state index is -0.419. The Morgan fingerprint density at radius 2 is 1.54 bits per heavy atom. The van der Waals surface area contributed by atoms with Crippen LogP contribution in [0.2, 0.25) is 0 Å². The highest BCUT2D eigenvalue weighted by atomic mass is 16.3. The number of fused-ring (bicyclic) bond motifs is 5. The highest BCUT2D eigenvalue weighted by molar-refractivity contribution is 5.10. The predicted octanol–water partition coefficient (Wildman–Crippen LogP) is 6.19. The minimum absolute atomic E-state index is 0.151. The number of hydrogen-bond donors (Lipinski definition) is 2. The van der Waals surface area contributed by atoms with Crippen molar-refractivity contribution in [3.63, 3.8) is 0 Å². The molecule has 162 valence electrons. The van der Waals surface area contributed by atoms with Crippen molar-refractivity contribution in [2.24, 2.45) is 46.3 Å². The van der Waals surface area contributed by atoms with E-state index in [0.29, 0.717) is 10.8 Å². The molecule has 0 heterocycles. The topological polar surface area (TPSA) is 40.5 Å². The Balaban J connectivity index is 1.50. The minimum Gasteiger partial charge on any atom is -0.393 e. The van der Waals surface area contributed by atoms with Gasteiger partial charge in [0.25, 0.3) is 0 Å². The molecule has 4 aliphatic carbocycles. The lowest BCUT2D eigenvalue weighted by Gasteiger charge is -2.62. The summed E-state index contributed by atoms with van der Waals surface area (Å²) in [6, 6.07) is 0. The van der Waals surface area contributed by atoms with Crippen LogP contribution < -0.4 is 0 Å². The molecule has 0 spiro atoms. The summed E-state index contributed by atoms with van der Waals surface area (Å²) in [6.45, 7) is 11.7. The van der Waals surface area contributed by atoms with Gasteiger partial charge in [-0.25, -0.2) is 0 Å². The molecule has 0 saturated heterocycles. The van der Waals surface area contributed by atoms with Gasteiger partial charge < -0.3 is 10.2 Å². The number of aliphatic hydroxyl groups is 2. The Morgan fingerprint density at radius 3 is 2.25 bits per heavy atom. The first-order valence-electron chi connectivity index (χ1n) is 12.5. The van der Waals surface area contributed by atoms with E-state index in [0.717, 1.165) is 54.8 Å². The Morgan fingerprint density at radius 1 is 0.821 bits per heavy atom. The summed E-state index contributed by atoms with van der Waals surface area (Å²) >= 11 is 0. The van der Waals surface area contributed by atoms with Crippen molar-refractivity contribution in [2.75, 3.05) is 0 Å². The third-order valence-electron chi connectivity index (χ3n) is 10.8. The van der Waals surface area contributed by atoms with Crippen LogP contribution in [0, 0.1) is 46.3 Å². The standard InChI is InChI=1S/C26H46O2/c1-17(6-7-18(2)27)21-10-11-22-20-9-8-19-16-24(3,28)14-15-25(19,4)23(20)12-13-26(21,22)5/h17-23,27-28H,6-16H2,1-5H3/t17-,18+,19-,20+,21-,22+,23+,24+,25?,26-/m1/s1. The molecule has 10 atom stereocenters. The molecule has 2 heteroatoms. The van der Waals surface area contributed by atoms with Gasteiger partial charge in [-0.3, -0.25) is 0 Å². The van der Waals surface area contributed by atoms with Gasteiger partial charge in [0, 0.05) is 0 Å². The molecule has 0 aromatic rings. The van der Waals surface area contributed by atoms with Crippen LogP contribution in [0.15, 0.2) is 0 Å². The van der Waals surface area contributed by atoms with E-state index in [1.165, 1.54) is 51.4 Å². The van der Waals surface area contributed by atoms with Gasteiger partial charge in [-0.1, -0.05) is 20.8 Å². The van der Waals surface area contributed by atoms with Crippen LogP contribution >= 0.6 is 0 Å². The van der Waals surface area contributed by atoms with Crippen LogP contribution in [-0.4, -0.2) is 21.9 Å². The molecule has 2 N–H and O–H groups in total. The number of aliphatic hydroxyl groups excluding tert-OH is 1. The second-order valence-corrected chi connectivity index (χ2v) is 12.5. The zero-order valence-electron chi connectivity index (χ0n) is 19.2. The Kier molecular flexibility index (Phi) is 5.49. The zero-order valence-corrected chi connectivity index (χ0v) is 19.2. The van der Waals surface area contributed by atoms with E-state index in [-0.39, 0.29) is 6.10 Å². The molecular weight excluding hydrogens is 344 g/mol. The molecular formula is C26H46O2. The molecule has 0 bridgehead atoms. The van der Waals surface area contributed by atoms with E-state index >= 15 is 0 Å². The van der Waals surface area contributed by atoms with Crippen LogP contribution in [0.25, 0.3) is 0 Å². The average Bonchev–Trinajstić information content (AvgIpc) is 2.97. The molecule has 4 rings (SSSR count). The molecule has 4 aliphatic rings. The average molecular weight is 391 g/mol. The van der Waals surface area contributed by atoms with Gasteiger partial charge in [-0.2, -0.15) is 0 Å². The molecule has 0 aromatic heterocycles. The van der Waals surface area contributed by atoms with Crippen molar-refractivity contribution in [1.29, 1.82) is 0 Å². The van der Waals surface area contributed by atoms with Gasteiger partial charge in [0.1, 0.15) is 0 Å². The summed E-state index contributed by atoms with van der Waals surface area (Å²) < 4.78 is 0. The molecule has 0 aliphatic heterocycles. The first-order valence-corrected chi connectivity index (χ1v) is 12.5. The quantitative estimate of drug-likeness (QED) is 0.600. The second kappa shape index (κ2) is 7.26. The highest BCUT2D eigenvalue weighted by Crippen LogP contribution is 2.68. The lowest BCUT2D eigenvalue weighted by molar-refractivity contribution is -0.148. The van der Waals surface area contributed by atoms with E-state index < -0.39 is 5.60 Å². The van der Waals surface area contributed by atoms with Gasteiger partial charge >= 0.3 is 0 Å². The van der Waals surface area contributed by atoms with Crippen LogP contribution in [0.3, 0.4) is 0 Å². The van der Waals surface area contributed by atoms with Gasteiger partial charge in [-0.15, -0.1) is 0 Å². The van der Waals surface area contributed by atoms with Crippen molar-refractivity contribution >= 4 is 0 Å². The summed E-state index contributed by atoms with van der Waals surface area (Å²) in [7, 11) is 0. The maximum atomic E-state index is 10.7. The first-order chi connectivity index (χ1) is 13.1. The van der Waals surface area contributed by atoms with Gasteiger partial charge in [0.05, 0.1) is 11.7 Å². The summed E-state index contributed by atoms with van der Waals surface area (Å²) in [5.41, 5.74) is 0.586. The predicted molar refractivity (Wildman–Crippen MR) is 116 cm³/mol. The Bertz CT molecular complexity index is 569. The van der Waals surface area contributed by atoms with Gasteiger partial charge in [-0.05, 0) is 131 Å². The third kappa shape index (κ3) is 3.39. The van der Waals surface area contributed by atoms with Crippen molar-refractivity contribution < 1.29 is 10.2 Å². The first kappa shape index (κ1) is 21.2. The molecule has 4 saturated carbocycles. The number of hydrogen-bond acceptors (Lipinski definition) is 2. The molecule has 1 unspecified atom stereocenters. The molecule has 2 nitrogen and oxygen atoms in total. The van der Waals surface area contributed by atoms with E-state index in [9.17, 15) is 10.2 Å². The molecule has 0 radical (unpaired) electrons. The van der Waals surface area contributed by atoms with Crippen molar-refractivity contribution in [1.82, 2.24) is 0 Å². The fourth-order valence-corrected chi connectivity index (χ4v) is 9.11. The fourth-order valence-electron chi connectivity index (χ4n) is 9.11. The smallest absolute Gasteiger partial charge is 0.0622 e. The van der Waals surface area contributed by atoms with Crippen molar-refractivity contribution in [2.45, 2.75) is 117 Å². The van der Waals surface area contributed by atoms with Crippen LogP contribution in [0.4, 0.5) is 0 Å². The summed E-state index contributed by atoms with van der Waals surface area (Å²) in [5.74, 6) is 5.09. The van der Waals surface area contributed by atoms with E-state index in [2.05, 4.69) is 27.7 Å². The number of rotatable bonds is 4. The van der Waals surface area contributed by atoms with E-state index in [1.54, 1.807) is 0 Å². The van der Waals surface area contributed by atoms with E-state index in [4.69, 9.17) is 0 Å². The molecule has 0 aromatic carbocycles. The van der Waals surface area contributed by atoms with E-state index in [1.807, 2.05) is 6.92 Å². The summed E-state index contributed by atoms with van der Waals surface area (Å²) in [4.78, 5) is 0. The van der Waals surface area contributed by atoms with Crippen molar-refractivity contribution in [3.05, 3.63) is 0 Å². The SMILES string of the molecule is C[C@H](O)CC[C@@H](C)[C@H]1CC[C@H]2[C@@H]3CC[C@@H]4C[C@@](C)(O)CCC4(C)[C@H]3CC[C@]12C. The van der Waals surface area contributed by atoms with Gasteiger partial charge in [0.15, 0.2) is 0 Å². The molecule has 0 amide bonds. The van der Waals surface area contributed by atoms with Gasteiger partial charge in [0.2, 0.25) is 0 Å². The maximum absolute atomic E-state index is 10.7. The molecule has 4 fully saturated rings. The Labute approximate surface area is 173 Å². The maximum Gasteiger partial charge on any atom is 0.0622 e. The lowest BCUT2D eigenvalue weighted by atomic mass is 9.43. The van der Waals surface area contributed by atoms with Crippen molar-refractivity contribution in [3.8, 4) is 0 Å². The third-order valence-corrected chi connectivity index (χ3v) is 10.8. The normalized spacial score (nSPS) is 53.0. The summed E-state index contributed by atoms with van der Waals surface area (Å²) in [6.07, 6.45) is 13.7. The highest BCUT2D eigenvalue weighted by Gasteiger charge is 2.61. The molecule has 28 heavy (non-hydrogen) atoms. The van der Waals surface area contributed by atoms with Crippen LogP contribution in [-0.2, 0) is 0 Å². The zero-order chi connectivity index (χ0) is 20.3. The fraction of sp³-hybridized carbons (Fsp3) is 1.00. The largest absolute Gasteiger partial charge is 0.393 e. The monoisotopic (exact) mass is 390 g/mol. The van der Waals surface area contributed by atoms with Crippen LogP contribution in [0.1, 0.15) is 105 Å². The van der Waals surface area contributed by atoms with Crippen LogP contribution in [0.5, 0.6) is 0 Å².